The largest absolute Gasteiger partial charge is 0.339 e. The fraction of sp³-hybridized carbons (Fsp3) is 0.273. The Labute approximate surface area is 174 Å². The summed E-state index contributed by atoms with van der Waals surface area (Å²) in [5, 5.41) is 3.46. The fourth-order valence-electron chi connectivity index (χ4n) is 3.51. The second-order valence-corrected chi connectivity index (χ2v) is 7.16. The highest BCUT2D eigenvalue weighted by molar-refractivity contribution is 6.30. The molecule has 2 aromatic carbocycles. The first-order valence-electron chi connectivity index (χ1n) is 9.49. The number of rotatable bonds is 5. The summed E-state index contributed by atoms with van der Waals surface area (Å²) in [6, 6.07) is 11.6. The minimum atomic E-state index is -0.667. The van der Waals surface area contributed by atoms with Crippen molar-refractivity contribution in [1.82, 2.24) is 10.2 Å². The van der Waals surface area contributed by atoms with E-state index in [0.717, 1.165) is 0 Å². The van der Waals surface area contributed by atoms with Gasteiger partial charge in [0.15, 0.2) is 0 Å². The van der Waals surface area contributed by atoms with E-state index in [0.29, 0.717) is 40.6 Å². The number of allylic oxidation sites excluding steroid dienone is 1. The maximum atomic E-state index is 13.4. The Balaban J connectivity index is 2.15. The van der Waals surface area contributed by atoms with Crippen LogP contribution in [0.15, 0.2) is 59.8 Å². The number of hydrogen-bond donors (Lipinski definition) is 1. The minimum absolute atomic E-state index is 0.166. The molecule has 0 aromatic heterocycles. The molecule has 0 spiro atoms. The summed E-state index contributed by atoms with van der Waals surface area (Å²) in [7, 11) is 0. The molecule has 0 fully saturated rings. The number of hydrogen-bond acceptors (Lipinski definition) is 2. The van der Waals surface area contributed by atoms with Crippen molar-refractivity contribution in [2.24, 2.45) is 0 Å². The first kappa shape index (κ1) is 20.9. The SMILES string of the molecule is CCN(CC)C(=O)C1=C(C)N(c2ccc(Cl)cc2)C(=O)N[C@@H]1c1ccc(F)cc1. The average molecular weight is 416 g/mol. The third-order valence-corrected chi connectivity index (χ3v) is 5.31. The van der Waals surface area contributed by atoms with E-state index in [1.807, 2.05) is 13.8 Å². The Morgan fingerprint density at radius 1 is 1.10 bits per heavy atom. The smallest absolute Gasteiger partial charge is 0.326 e. The third kappa shape index (κ3) is 4.12. The molecule has 0 saturated heterocycles. The van der Waals surface area contributed by atoms with Crippen molar-refractivity contribution >= 4 is 29.2 Å². The maximum Gasteiger partial charge on any atom is 0.326 e. The molecule has 1 N–H and O–H groups in total. The molecule has 0 aliphatic carbocycles. The quantitative estimate of drug-likeness (QED) is 0.755. The molecule has 0 bridgehead atoms. The van der Waals surface area contributed by atoms with Crippen LogP contribution in [0.25, 0.3) is 0 Å². The van der Waals surface area contributed by atoms with Crippen LogP contribution in [-0.2, 0) is 4.79 Å². The van der Waals surface area contributed by atoms with Gasteiger partial charge < -0.3 is 10.2 Å². The van der Waals surface area contributed by atoms with E-state index in [1.165, 1.54) is 17.0 Å². The number of anilines is 1. The maximum absolute atomic E-state index is 13.4. The molecular formula is C22H23ClFN3O2. The molecule has 1 heterocycles. The average Bonchev–Trinajstić information content (AvgIpc) is 2.70. The highest BCUT2D eigenvalue weighted by Gasteiger charge is 2.37. The van der Waals surface area contributed by atoms with E-state index < -0.39 is 6.04 Å². The predicted molar refractivity (Wildman–Crippen MR) is 112 cm³/mol. The van der Waals surface area contributed by atoms with Crippen LogP contribution in [0.2, 0.25) is 5.02 Å². The van der Waals surface area contributed by atoms with Gasteiger partial charge >= 0.3 is 6.03 Å². The zero-order chi connectivity index (χ0) is 21.1. The lowest BCUT2D eigenvalue weighted by Gasteiger charge is -2.37. The first-order valence-corrected chi connectivity index (χ1v) is 9.86. The van der Waals surface area contributed by atoms with Crippen molar-refractivity contribution in [1.29, 1.82) is 0 Å². The zero-order valence-corrected chi connectivity index (χ0v) is 17.3. The van der Waals surface area contributed by atoms with Gasteiger partial charge in [-0.05, 0) is 62.7 Å². The van der Waals surface area contributed by atoms with Crippen LogP contribution in [0.5, 0.6) is 0 Å². The van der Waals surface area contributed by atoms with Crippen molar-refractivity contribution in [3.63, 3.8) is 0 Å². The van der Waals surface area contributed by atoms with Gasteiger partial charge in [-0.25, -0.2) is 9.18 Å². The third-order valence-electron chi connectivity index (χ3n) is 5.05. The molecule has 152 valence electrons. The highest BCUT2D eigenvalue weighted by atomic mass is 35.5. The molecule has 1 atom stereocenters. The Morgan fingerprint density at radius 3 is 2.24 bits per heavy atom. The number of benzene rings is 2. The number of nitrogens with zero attached hydrogens (tertiary/aromatic N) is 2. The Kier molecular flexibility index (Phi) is 6.23. The molecule has 1 aliphatic rings. The van der Waals surface area contributed by atoms with Gasteiger partial charge in [0, 0.05) is 23.8 Å². The molecule has 0 saturated carbocycles. The van der Waals surface area contributed by atoms with E-state index >= 15 is 0 Å². The van der Waals surface area contributed by atoms with Gasteiger partial charge in [-0.2, -0.15) is 0 Å². The first-order chi connectivity index (χ1) is 13.9. The number of carbonyl (C=O) groups excluding carboxylic acids is 2. The van der Waals surface area contributed by atoms with Crippen LogP contribution in [-0.4, -0.2) is 29.9 Å². The monoisotopic (exact) mass is 415 g/mol. The van der Waals surface area contributed by atoms with Gasteiger partial charge in [0.05, 0.1) is 17.3 Å². The van der Waals surface area contributed by atoms with E-state index in [-0.39, 0.29) is 17.8 Å². The van der Waals surface area contributed by atoms with Crippen LogP contribution < -0.4 is 10.2 Å². The minimum Gasteiger partial charge on any atom is -0.339 e. The molecular weight excluding hydrogens is 393 g/mol. The van der Waals surface area contributed by atoms with Crippen molar-refractivity contribution < 1.29 is 14.0 Å². The standard InChI is InChI=1S/C22H23ClFN3O2/c1-4-26(5-2)21(28)19-14(3)27(18-12-8-16(23)9-13-18)22(29)25-20(19)15-6-10-17(24)11-7-15/h6-13,20H,4-5H2,1-3H3,(H,25,29)/t20-/m1/s1. The lowest BCUT2D eigenvalue weighted by Crippen LogP contribution is -2.50. The fourth-order valence-corrected chi connectivity index (χ4v) is 3.63. The summed E-state index contributed by atoms with van der Waals surface area (Å²) >= 11 is 5.98. The molecule has 3 rings (SSSR count). The van der Waals surface area contributed by atoms with Crippen LogP contribution in [0.1, 0.15) is 32.4 Å². The number of halogens is 2. The van der Waals surface area contributed by atoms with Crippen LogP contribution >= 0.6 is 11.6 Å². The number of carbonyl (C=O) groups is 2. The van der Waals surface area contributed by atoms with E-state index in [2.05, 4.69) is 5.32 Å². The summed E-state index contributed by atoms with van der Waals surface area (Å²) in [6.07, 6.45) is 0. The van der Waals surface area contributed by atoms with Crippen molar-refractivity contribution in [2.45, 2.75) is 26.8 Å². The van der Waals surface area contributed by atoms with E-state index in [4.69, 9.17) is 11.6 Å². The molecule has 0 unspecified atom stereocenters. The zero-order valence-electron chi connectivity index (χ0n) is 16.6. The van der Waals surface area contributed by atoms with E-state index in [9.17, 15) is 14.0 Å². The molecule has 2 aromatic rings. The molecule has 3 amide bonds. The topological polar surface area (TPSA) is 52.7 Å². The van der Waals surface area contributed by atoms with Crippen molar-refractivity contribution in [2.75, 3.05) is 18.0 Å². The number of nitrogens with one attached hydrogen (secondary N) is 1. The Hall–Kier alpha value is -2.86. The summed E-state index contributed by atoms with van der Waals surface area (Å²) in [5.74, 6) is -0.545. The lowest BCUT2D eigenvalue weighted by atomic mass is 9.93. The van der Waals surface area contributed by atoms with Gasteiger partial charge in [0.1, 0.15) is 5.82 Å². The second-order valence-electron chi connectivity index (χ2n) is 6.72. The Morgan fingerprint density at radius 2 is 1.69 bits per heavy atom. The summed E-state index contributed by atoms with van der Waals surface area (Å²) in [5.41, 5.74) is 2.23. The van der Waals surface area contributed by atoms with E-state index in [1.54, 1.807) is 48.2 Å². The highest BCUT2D eigenvalue weighted by Crippen LogP contribution is 2.34. The van der Waals surface area contributed by atoms with Crippen molar-refractivity contribution in [3.05, 3.63) is 76.2 Å². The molecule has 0 radical (unpaired) electrons. The van der Waals surface area contributed by atoms with Crippen LogP contribution in [0.3, 0.4) is 0 Å². The van der Waals surface area contributed by atoms with Gasteiger partial charge in [-0.1, -0.05) is 23.7 Å². The normalized spacial score (nSPS) is 16.7. The number of urea groups is 1. The summed E-state index contributed by atoms with van der Waals surface area (Å²) < 4.78 is 13.4. The molecule has 29 heavy (non-hydrogen) atoms. The summed E-state index contributed by atoms with van der Waals surface area (Å²) in [6.45, 7) is 6.64. The molecule has 5 nitrogen and oxygen atoms in total. The van der Waals surface area contributed by atoms with Gasteiger partial charge in [-0.15, -0.1) is 0 Å². The predicted octanol–water partition coefficient (Wildman–Crippen LogP) is 4.89. The molecule has 1 aliphatic heterocycles. The second kappa shape index (κ2) is 8.66. The summed E-state index contributed by atoms with van der Waals surface area (Å²) in [4.78, 5) is 29.5. The number of amides is 3. The molecule has 7 heteroatoms. The van der Waals surface area contributed by atoms with Gasteiger partial charge in [0.2, 0.25) is 0 Å². The Bertz CT molecular complexity index is 938. The van der Waals surface area contributed by atoms with Crippen molar-refractivity contribution in [3.8, 4) is 0 Å². The van der Waals surface area contributed by atoms with Gasteiger partial charge in [-0.3, -0.25) is 9.69 Å². The van der Waals surface area contributed by atoms with Gasteiger partial charge in [0.25, 0.3) is 5.91 Å². The van der Waals surface area contributed by atoms with Crippen LogP contribution in [0, 0.1) is 5.82 Å². The van der Waals surface area contributed by atoms with Crippen LogP contribution in [0.4, 0.5) is 14.9 Å². The lowest BCUT2D eigenvalue weighted by molar-refractivity contribution is -0.127. The number of likely N-dealkylation sites (N-methyl/N-ethyl adjacent to an activating group) is 1.